The number of nitrogens with one attached hydrogen (secondary N) is 1. The maximum atomic E-state index is 12.4. The number of carbonyl (C=O) groups is 2. The molecule has 2 aliphatic rings. The Bertz CT molecular complexity index is 571. The number of carbonyl (C=O) groups excluding carboxylic acids is 2. The van der Waals surface area contributed by atoms with Crippen molar-refractivity contribution in [2.75, 3.05) is 13.1 Å². The second-order valence-corrected chi connectivity index (χ2v) is 6.93. The lowest BCUT2D eigenvalue weighted by molar-refractivity contribution is -0.118. The molecular formula is C17H27N5O2. The number of urea groups is 1. The molecule has 3 N–H and O–H groups in total. The fourth-order valence-electron chi connectivity index (χ4n) is 3.84. The van der Waals surface area contributed by atoms with Gasteiger partial charge in [0, 0.05) is 37.4 Å². The summed E-state index contributed by atoms with van der Waals surface area (Å²) in [6.07, 6.45) is 11.2. The molecule has 24 heavy (non-hydrogen) atoms. The maximum Gasteiger partial charge on any atom is 0.317 e. The van der Waals surface area contributed by atoms with E-state index in [9.17, 15) is 9.59 Å². The molecule has 1 aromatic rings. The Labute approximate surface area is 142 Å². The molecule has 0 atom stereocenters. The Morgan fingerprint density at radius 2 is 1.88 bits per heavy atom. The Morgan fingerprint density at radius 1 is 1.17 bits per heavy atom. The van der Waals surface area contributed by atoms with Gasteiger partial charge in [-0.05, 0) is 25.7 Å². The standard InChI is InChI=1S/C17H27N5O2/c18-15(23)12-22-11-8-19-16(22)13-6-9-21(10-7-13)17(24)20-14-4-2-1-3-5-14/h8,11,13-14H,1-7,9-10,12H2,(H2,18,23)(H,20,24). The van der Waals surface area contributed by atoms with Gasteiger partial charge in [-0.3, -0.25) is 4.79 Å². The highest BCUT2D eigenvalue weighted by molar-refractivity contribution is 5.74. The van der Waals surface area contributed by atoms with Crippen LogP contribution >= 0.6 is 0 Å². The minimum Gasteiger partial charge on any atom is -0.368 e. The molecule has 7 heteroatoms. The molecule has 1 aromatic heterocycles. The van der Waals surface area contributed by atoms with Crippen LogP contribution in [0.5, 0.6) is 0 Å². The summed E-state index contributed by atoms with van der Waals surface area (Å²) >= 11 is 0. The average Bonchev–Trinajstić information content (AvgIpc) is 3.03. The smallest absolute Gasteiger partial charge is 0.317 e. The molecule has 0 radical (unpaired) electrons. The number of nitrogens with two attached hydrogens (primary N) is 1. The molecule has 0 bridgehead atoms. The van der Waals surface area contributed by atoms with Gasteiger partial charge in [0.25, 0.3) is 0 Å². The third-order valence-electron chi connectivity index (χ3n) is 5.15. The van der Waals surface area contributed by atoms with Crippen molar-refractivity contribution in [3.05, 3.63) is 18.2 Å². The van der Waals surface area contributed by atoms with Crippen molar-refractivity contribution in [2.45, 2.75) is 63.5 Å². The number of hydrogen-bond donors (Lipinski definition) is 2. The van der Waals surface area contributed by atoms with Crippen molar-refractivity contribution >= 4 is 11.9 Å². The first-order valence-electron chi connectivity index (χ1n) is 8.98. The number of nitrogens with zero attached hydrogens (tertiary/aromatic N) is 3. The van der Waals surface area contributed by atoms with E-state index in [4.69, 9.17) is 5.73 Å². The monoisotopic (exact) mass is 333 g/mol. The highest BCUT2D eigenvalue weighted by atomic mass is 16.2. The van der Waals surface area contributed by atoms with Crippen molar-refractivity contribution in [1.29, 1.82) is 0 Å². The minimum atomic E-state index is -0.362. The number of amides is 3. The zero-order valence-corrected chi connectivity index (χ0v) is 14.1. The van der Waals surface area contributed by atoms with Crippen molar-refractivity contribution in [3.63, 3.8) is 0 Å². The lowest BCUT2D eigenvalue weighted by Gasteiger charge is -2.33. The number of aromatic nitrogens is 2. The van der Waals surface area contributed by atoms with Crippen LogP contribution in [-0.2, 0) is 11.3 Å². The molecule has 0 spiro atoms. The summed E-state index contributed by atoms with van der Waals surface area (Å²) in [4.78, 5) is 29.9. The van der Waals surface area contributed by atoms with Crippen molar-refractivity contribution in [3.8, 4) is 0 Å². The fraction of sp³-hybridized carbons (Fsp3) is 0.706. The van der Waals surface area contributed by atoms with Gasteiger partial charge < -0.3 is 20.5 Å². The number of primary amides is 1. The van der Waals surface area contributed by atoms with Gasteiger partial charge in [-0.2, -0.15) is 0 Å². The number of piperidine rings is 1. The summed E-state index contributed by atoms with van der Waals surface area (Å²) in [6, 6.07) is 0.416. The van der Waals surface area contributed by atoms with Crippen LogP contribution < -0.4 is 11.1 Å². The van der Waals surface area contributed by atoms with Crippen molar-refractivity contribution in [2.24, 2.45) is 5.73 Å². The number of hydrogen-bond acceptors (Lipinski definition) is 3. The second kappa shape index (κ2) is 7.68. The van der Waals surface area contributed by atoms with Gasteiger partial charge in [-0.25, -0.2) is 9.78 Å². The predicted molar refractivity (Wildman–Crippen MR) is 90.4 cm³/mol. The summed E-state index contributed by atoms with van der Waals surface area (Å²) < 4.78 is 1.82. The molecule has 2 heterocycles. The van der Waals surface area contributed by atoms with E-state index in [1.165, 1.54) is 19.3 Å². The van der Waals surface area contributed by atoms with Gasteiger partial charge in [0.05, 0.1) is 0 Å². The van der Waals surface area contributed by atoms with Crippen LogP contribution in [0.4, 0.5) is 4.79 Å². The first-order valence-corrected chi connectivity index (χ1v) is 8.98. The normalized spacial score (nSPS) is 20.1. The van der Waals surface area contributed by atoms with Crippen LogP contribution in [0.1, 0.15) is 56.7 Å². The highest BCUT2D eigenvalue weighted by Gasteiger charge is 2.27. The molecule has 132 valence electrons. The van der Waals surface area contributed by atoms with Crippen LogP contribution in [-0.4, -0.2) is 45.5 Å². The van der Waals surface area contributed by atoms with Gasteiger partial charge >= 0.3 is 6.03 Å². The molecule has 1 saturated heterocycles. The average molecular weight is 333 g/mol. The number of imidazole rings is 1. The fourth-order valence-corrected chi connectivity index (χ4v) is 3.84. The van der Waals surface area contributed by atoms with E-state index in [0.717, 1.165) is 44.6 Å². The van der Waals surface area contributed by atoms with Crippen LogP contribution in [0.25, 0.3) is 0 Å². The molecule has 1 saturated carbocycles. The summed E-state index contributed by atoms with van der Waals surface area (Å²) in [6.45, 7) is 1.62. The molecular weight excluding hydrogens is 306 g/mol. The van der Waals surface area contributed by atoms with E-state index in [2.05, 4.69) is 10.3 Å². The van der Waals surface area contributed by atoms with E-state index in [-0.39, 0.29) is 24.4 Å². The molecule has 2 fully saturated rings. The van der Waals surface area contributed by atoms with Gasteiger partial charge in [0.1, 0.15) is 12.4 Å². The third kappa shape index (κ3) is 4.07. The summed E-state index contributed by atoms with van der Waals surface area (Å²) in [5, 5.41) is 3.18. The Balaban J connectivity index is 1.51. The van der Waals surface area contributed by atoms with Crippen molar-refractivity contribution < 1.29 is 9.59 Å². The first kappa shape index (κ1) is 16.8. The van der Waals surface area contributed by atoms with Crippen molar-refractivity contribution in [1.82, 2.24) is 19.8 Å². The SMILES string of the molecule is NC(=O)Cn1ccnc1C1CCN(C(=O)NC2CCCCC2)CC1. The van der Waals surface area contributed by atoms with Crippen LogP contribution in [0.15, 0.2) is 12.4 Å². The van der Waals surface area contributed by atoms with E-state index in [1.54, 1.807) is 12.4 Å². The zero-order chi connectivity index (χ0) is 16.9. The van der Waals surface area contributed by atoms with Gasteiger partial charge in [-0.1, -0.05) is 19.3 Å². The summed E-state index contributed by atoms with van der Waals surface area (Å²) in [5.41, 5.74) is 5.28. The van der Waals surface area contributed by atoms with Crippen LogP contribution in [0.2, 0.25) is 0 Å². The first-order chi connectivity index (χ1) is 11.6. The Hall–Kier alpha value is -2.05. The van der Waals surface area contributed by atoms with Gasteiger partial charge in [0.15, 0.2) is 0 Å². The highest BCUT2D eigenvalue weighted by Crippen LogP contribution is 2.27. The van der Waals surface area contributed by atoms with E-state index in [0.29, 0.717) is 6.04 Å². The molecule has 7 nitrogen and oxygen atoms in total. The molecule has 3 amide bonds. The largest absolute Gasteiger partial charge is 0.368 e. The maximum absolute atomic E-state index is 12.4. The molecule has 0 unspecified atom stereocenters. The third-order valence-corrected chi connectivity index (χ3v) is 5.15. The summed E-state index contributed by atoms with van der Waals surface area (Å²) in [5.74, 6) is 0.817. The van der Waals surface area contributed by atoms with E-state index < -0.39 is 0 Å². The summed E-state index contributed by atoms with van der Waals surface area (Å²) in [7, 11) is 0. The van der Waals surface area contributed by atoms with Crippen LogP contribution in [0.3, 0.4) is 0 Å². The topological polar surface area (TPSA) is 93.2 Å². The lowest BCUT2D eigenvalue weighted by atomic mass is 9.95. The van der Waals surface area contributed by atoms with Gasteiger partial charge in [0.2, 0.25) is 5.91 Å². The van der Waals surface area contributed by atoms with Crippen LogP contribution in [0, 0.1) is 0 Å². The molecule has 3 rings (SSSR count). The van der Waals surface area contributed by atoms with E-state index >= 15 is 0 Å². The molecule has 0 aromatic carbocycles. The number of likely N-dealkylation sites (tertiary alicyclic amines) is 1. The predicted octanol–water partition coefficient (Wildman–Crippen LogP) is 1.59. The van der Waals surface area contributed by atoms with E-state index in [1.807, 2.05) is 9.47 Å². The quantitative estimate of drug-likeness (QED) is 0.876. The Kier molecular flexibility index (Phi) is 5.37. The Morgan fingerprint density at radius 3 is 2.54 bits per heavy atom. The molecule has 1 aliphatic carbocycles. The molecule has 1 aliphatic heterocycles. The lowest BCUT2D eigenvalue weighted by Crippen LogP contribution is -2.48. The zero-order valence-electron chi connectivity index (χ0n) is 14.1. The minimum absolute atomic E-state index is 0.0702. The number of rotatable bonds is 4. The second-order valence-electron chi connectivity index (χ2n) is 6.93. The van der Waals surface area contributed by atoms with Gasteiger partial charge in [-0.15, -0.1) is 0 Å².